The molecule has 10 heteroatoms. The number of carbonyl (C=O) groups is 2. The van der Waals surface area contributed by atoms with E-state index < -0.39 is 4.92 Å². The summed E-state index contributed by atoms with van der Waals surface area (Å²) in [5.41, 5.74) is 0.915. The number of nitrogens with one attached hydrogen (secondary N) is 2. The number of benzene rings is 1. The number of hydrogen-bond acceptors (Lipinski definition) is 6. The molecule has 10 nitrogen and oxygen atoms in total. The monoisotopic (exact) mass is 381 g/mol. The molecule has 1 heterocycles. The predicted octanol–water partition coefficient (Wildman–Crippen LogP) is 0.207. The quantitative estimate of drug-likeness (QED) is 0.538. The van der Waals surface area contributed by atoms with Gasteiger partial charge in [0.2, 0.25) is 0 Å². The van der Waals surface area contributed by atoms with Crippen LogP contribution in [0.4, 0.5) is 16.2 Å². The zero-order valence-electron chi connectivity index (χ0n) is 15.7. The largest absolute Gasteiger partial charge is 0.490 e. The van der Waals surface area contributed by atoms with E-state index in [-0.39, 0.29) is 30.0 Å². The van der Waals surface area contributed by atoms with Crippen LogP contribution in [0, 0.1) is 17.0 Å². The molecule has 2 rings (SSSR count). The lowest BCUT2D eigenvalue weighted by Gasteiger charge is -2.31. The van der Waals surface area contributed by atoms with E-state index in [2.05, 4.69) is 5.32 Å². The van der Waals surface area contributed by atoms with Gasteiger partial charge in [-0.25, -0.2) is 4.79 Å². The Bertz CT molecular complexity index is 716. The highest BCUT2D eigenvalue weighted by Gasteiger charge is 2.26. The minimum Gasteiger partial charge on any atom is -0.490 e. The smallest absolute Gasteiger partial charge is 0.410 e. The summed E-state index contributed by atoms with van der Waals surface area (Å²) in [4.78, 5) is 37.3. The van der Waals surface area contributed by atoms with Gasteiger partial charge < -0.3 is 19.7 Å². The molecule has 2 N–H and O–H groups in total. The maximum Gasteiger partial charge on any atom is 0.410 e. The molecular weight excluding hydrogens is 356 g/mol. The zero-order chi connectivity index (χ0) is 20.0. The number of amides is 2. The Kier molecular flexibility index (Phi) is 6.94. The number of hydrogen-bond donors (Lipinski definition) is 2. The number of nitro benzene ring substituents is 1. The van der Waals surface area contributed by atoms with Crippen LogP contribution in [0.3, 0.4) is 0 Å². The van der Waals surface area contributed by atoms with E-state index in [0.29, 0.717) is 44.0 Å². The molecule has 0 radical (unpaired) electrons. The number of carbonyl (C=O) groups excluding carboxylic acids is 2. The first-order valence-electron chi connectivity index (χ1n) is 8.73. The molecule has 1 aromatic rings. The lowest BCUT2D eigenvalue weighted by molar-refractivity contribution is -0.895. The number of ether oxygens (including phenoxy) is 2. The van der Waals surface area contributed by atoms with Gasteiger partial charge in [-0.05, 0) is 19.4 Å². The van der Waals surface area contributed by atoms with Crippen LogP contribution in [-0.2, 0) is 9.53 Å². The van der Waals surface area contributed by atoms with Gasteiger partial charge in [0, 0.05) is 17.8 Å². The van der Waals surface area contributed by atoms with Crippen LogP contribution < -0.4 is 15.0 Å². The first-order valence-corrected chi connectivity index (χ1v) is 8.73. The third-order valence-electron chi connectivity index (χ3n) is 4.40. The van der Waals surface area contributed by atoms with E-state index in [0.717, 1.165) is 4.90 Å². The number of methoxy groups -OCH3 is 1. The van der Waals surface area contributed by atoms with Gasteiger partial charge in [-0.1, -0.05) is 0 Å². The van der Waals surface area contributed by atoms with Crippen molar-refractivity contribution in [1.29, 1.82) is 0 Å². The summed E-state index contributed by atoms with van der Waals surface area (Å²) < 4.78 is 10.0. The second-order valence-electron chi connectivity index (χ2n) is 6.26. The van der Waals surface area contributed by atoms with Gasteiger partial charge in [0.1, 0.15) is 0 Å². The molecule has 1 fully saturated rings. The molecule has 0 spiro atoms. The second kappa shape index (κ2) is 9.17. The number of aryl methyl sites for hydroxylation is 1. The Labute approximate surface area is 157 Å². The standard InChI is InChI=1S/C17H24N4O6/c1-4-27-17(23)20-7-5-19(6-8-20)11-16(22)18-13-10-15(26-3)14(21(24)25)9-12(13)2/h9-10H,4-8,11H2,1-3H3,(H,18,22)/p+1. The Morgan fingerprint density at radius 1 is 1.33 bits per heavy atom. The fourth-order valence-corrected chi connectivity index (χ4v) is 2.93. The molecule has 1 aliphatic rings. The summed E-state index contributed by atoms with van der Waals surface area (Å²) in [6, 6.07) is 2.83. The van der Waals surface area contributed by atoms with Crippen LogP contribution in [0.5, 0.6) is 5.75 Å². The van der Waals surface area contributed by atoms with E-state index in [1.165, 1.54) is 19.2 Å². The summed E-state index contributed by atoms with van der Waals surface area (Å²) in [7, 11) is 1.34. The molecular formula is C17H25N4O6+. The minimum atomic E-state index is -0.523. The van der Waals surface area contributed by atoms with Crippen molar-refractivity contribution in [3.05, 3.63) is 27.8 Å². The fourth-order valence-electron chi connectivity index (χ4n) is 2.93. The summed E-state index contributed by atoms with van der Waals surface area (Å²) in [5, 5.41) is 13.8. The number of anilines is 1. The molecule has 0 aliphatic carbocycles. The van der Waals surface area contributed by atoms with Crippen molar-refractivity contribution in [2.45, 2.75) is 13.8 Å². The number of rotatable bonds is 6. The molecule has 148 valence electrons. The Hall–Kier alpha value is -2.88. The molecule has 2 amide bonds. The predicted molar refractivity (Wildman–Crippen MR) is 97.2 cm³/mol. The summed E-state index contributed by atoms with van der Waals surface area (Å²) in [6.45, 7) is 6.40. The van der Waals surface area contributed by atoms with Crippen LogP contribution in [-0.4, -0.2) is 68.3 Å². The molecule has 0 atom stereocenters. The average Bonchev–Trinajstić information content (AvgIpc) is 2.63. The molecule has 0 aromatic heterocycles. The molecule has 0 saturated carbocycles. The third-order valence-corrected chi connectivity index (χ3v) is 4.40. The van der Waals surface area contributed by atoms with Gasteiger partial charge >= 0.3 is 11.8 Å². The topological polar surface area (TPSA) is 115 Å². The SMILES string of the molecule is CCOC(=O)N1CC[NH+](CC(=O)Nc2cc(OC)c([N+](=O)[O-])cc2C)CC1. The van der Waals surface area contributed by atoms with Gasteiger partial charge in [0.05, 0.1) is 44.8 Å². The highest BCUT2D eigenvalue weighted by molar-refractivity contribution is 5.92. The van der Waals surface area contributed by atoms with Crippen LogP contribution in [0.1, 0.15) is 12.5 Å². The second-order valence-corrected chi connectivity index (χ2v) is 6.26. The number of nitro groups is 1. The van der Waals surface area contributed by atoms with E-state index in [1.807, 2.05) is 0 Å². The normalized spacial score (nSPS) is 14.6. The van der Waals surface area contributed by atoms with E-state index >= 15 is 0 Å². The summed E-state index contributed by atoms with van der Waals surface area (Å²) >= 11 is 0. The van der Waals surface area contributed by atoms with E-state index in [9.17, 15) is 19.7 Å². The maximum atomic E-state index is 12.4. The minimum absolute atomic E-state index is 0.0938. The van der Waals surface area contributed by atoms with Crippen molar-refractivity contribution in [2.75, 3.05) is 51.8 Å². The Balaban J connectivity index is 1.93. The lowest BCUT2D eigenvalue weighted by Crippen LogP contribution is -3.15. The fraction of sp³-hybridized carbons (Fsp3) is 0.529. The Morgan fingerprint density at radius 2 is 2.00 bits per heavy atom. The average molecular weight is 381 g/mol. The zero-order valence-corrected chi connectivity index (χ0v) is 15.7. The van der Waals surface area contributed by atoms with Crippen molar-refractivity contribution >= 4 is 23.4 Å². The molecule has 1 aromatic carbocycles. The van der Waals surface area contributed by atoms with Gasteiger partial charge in [-0.15, -0.1) is 0 Å². The molecule has 27 heavy (non-hydrogen) atoms. The van der Waals surface area contributed by atoms with Crippen molar-refractivity contribution < 1.29 is 28.9 Å². The van der Waals surface area contributed by atoms with Crippen LogP contribution in [0.2, 0.25) is 0 Å². The van der Waals surface area contributed by atoms with Gasteiger partial charge in [0.15, 0.2) is 12.3 Å². The summed E-state index contributed by atoms with van der Waals surface area (Å²) in [5.74, 6) is -0.107. The molecule has 0 unspecified atom stereocenters. The van der Waals surface area contributed by atoms with Crippen molar-refractivity contribution in [3.8, 4) is 5.75 Å². The number of quaternary nitrogens is 1. The highest BCUT2D eigenvalue weighted by atomic mass is 16.6. The molecule has 1 saturated heterocycles. The number of nitrogens with zero attached hydrogens (tertiary/aromatic N) is 2. The molecule has 0 bridgehead atoms. The van der Waals surface area contributed by atoms with E-state index in [1.54, 1.807) is 18.7 Å². The molecule has 1 aliphatic heterocycles. The first kappa shape index (κ1) is 20.4. The van der Waals surface area contributed by atoms with Crippen molar-refractivity contribution in [1.82, 2.24) is 4.90 Å². The highest BCUT2D eigenvalue weighted by Crippen LogP contribution is 2.32. The van der Waals surface area contributed by atoms with E-state index in [4.69, 9.17) is 9.47 Å². The first-order chi connectivity index (χ1) is 12.8. The van der Waals surface area contributed by atoms with Crippen LogP contribution >= 0.6 is 0 Å². The maximum absolute atomic E-state index is 12.4. The van der Waals surface area contributed by atoms with Gasteiger partial charge in [-0.3, -0.25) is 19.8 Å². The lowest BCUT2D eigenvalue weighted by atomic mass is 10.1. The van der Waals surface area contributed by atoms with Crippen molar-refractivity contribution in [3.63, 3.8) is 0 Å². The summed E-state index contributed by atoms with van der Waals surface area (Å²) in [6.07, 6.45) is -0.324. The van der Waals surface area contributed by atoms with Crippen LogP contribution in [0.15, 0.2) is 12.1 Å². The van der Waals surface area contributed by atoms with Crippen molar-refractivity contribution in [2.24, 2.45) is 0 Å². The Morgan fingerprint density at radius 3 is 2.56 bits per heavy atom. The third kappa shape index (κ3) is 5.30. The number of piperazine rings is 1. The van der Waals surface area contributed by atoms with Gasteiger partial charge in [-0.2, -0.15) is 0 Å². The van der Waals surface area contributed by atoms with Gasteiger partial charge in [0.25, 0.3) is 5.91 Å². The van der Waals surface area contributed by atoms with Crippen LogP contribution in [0.25, 0.3) is 0 Å².